The lowest BCUT2D eigenvalue weighted by molar-refractivity contribution is -0.139. The largest absolute Gasteiger partial charge is 0.339 e. The van der Waals surface area contributed by atoms with Gasteiger partial charge >= 0.3 is 0 Å². The van der Waals surface area contributed by atoms with Gasteiger partial charge in [0.15, 0.2) is 0 Å². The Morgan fingerprint density at radius 1 is 1.16 bits per heavy atom. The molecule has 0 aromatic rings. The van der Waals surface area contributed by atoms with Crippen molar-refractivity contribution in [3.63, 3.8) is 0 Å². The van der Waals surface area contributed by atoms with Crippen molar-refractivity contribution in [1.29, 1.82) is 0 Å². The molecule has 2 rings (SSSR count). The van der Waals surface area contributed by atoms with Crippen molar-refractivity contribution in [3.05, 3.63) is 0 Å². The predicted octanol–water partition coefficient (Wildman–Crippen LogP) is -1.29. The Bertz CT molecular complexity index is 468. The molecule has 0 spiro atoms. The second kappa shape index (κ2) is 5.46. The number of carbonyl (C=O) groups excluding carboxylic acids is 2. The van der Waals surface area contributed by atoms with Crippen LogP contribution < -0.4 is 0 Å². The fraction of sp³-hybridized carbons (Fsp3) is 0.818. The Hall–Kier alpha value is -1.15. The molecule has 0 aromatic heterocycles. The topological polar surface area (TPSA) is 78.0 Å². The minimum atomic E-state index is -3.18. The summed E-state index contributed by atoms with van der Waals surface area (Å²) >= 11 is 0. The number of rotatable bonds is 3. The molecule has 2 aliphatic heterocycles. The summed E-state index contributed by atoms with van der Waals surface area (Å²) in [6.45, 7) is 2.23. The zero-order valence-corrected chi connectivity index (χ0v) is 11.9. The molecule has 2 fully saturated rings. The summed E-state index contributed by atoms with van der Waals surface area (Å²) in [5.41, 5.74) is 0. The zero-order chi connectivity index (χ0) is 14.0. The molecular formula is C11H19N3O4S. The molecule has 0 unspecified atom stereocenters. The van der Waals surface area contributed by atoms with Gasteiger partial charge in [0.1, 0.15) is 0 Å². The van der Waals surface area contributed by atoms with Gasteiger partial charge in [-0.05, 0) is 6.42 Å². The Morgan fingerprint density at radius 3 is 2.26 bits per heavy atom. The van der Waals surface area contributed by atoms with Gasteiger partial charge in [0.05, 0.1) is 12.8 Å². The molecule has 0 aromatic carbocycles. The third-order valence-electron chi connectivity index (χ3n) is 3.56. The van der Waals surface area contributed by atoms with Crippen molar-refractivity contribution >= 4 is 21.8 Å². The molecule has 2 saturated heterocycles. The van der Waals surface area contributed by atoms with Crippen molar-refractivity contribution in [3.8, 4) is 0 Å². The van der Waals surface area contributed by atoms with Crippen LogP contribution in [0.15, 0.2) is 0 Å². The SMILES string of the molecule is CS(=O)(=O)N1CCN(C(=O)CN2CCCC2=O)CC1. The number of hydrogen-bond donors (Lipinski definition) is 0. The number of carbonyl (C=O) groups is 2. The van der Waals surface area contributed by atoms with Crippen LogP contribution in [0, 0.1) is 0 Å². The van der Waals surface area contributed by atoms with Gasteiger partial charge in [-0.2, -0.15) is 4.31 Å². The minimum absolute atomic E-state index is 0.0307. The first kappa shape index (κ1) is 14.3. The van der Waals surface area contributed by atoms with Crippen molar-refractivity contribution in [2.24, 2.45) is 0 Å². The maximum Gasteiger partial charge on any atom is 0.242 e. The van der Waals surface area contributed by atoms with E-state index in [4.69, 9.17) is 0 Å². The number of piperazine rings is 1. The number of nitrogens with zero attached hydrogens (tertiary/aromatic N) is 3. The first-order valence-electron chi connectivity index (χ1n) is 6.38. The molecule has 2 amide bonds. The Kier molecular flexibility index (Phi) is 4.10. The Labute approximate surface area is 113 Å². The van der Waals surface area contributed by atoms with E-state index in [9.17, 15) is 18.0 Å². The molecule has 0 saturated carbocycles. The van der Waals surface area contributed by atoms with E-state index in [1.807, 2.05) is 0 Å². The first-order valence-corrected chi connectivity index (χ1v) is 8.23. The van der Waals surface area contributed by atoms with Crippen LogP contribution in [0.4, 0.5) is 0 Å². The molecule has 0 radical (unpaired) electrons. The van der Waals surface area contributed by atoms with Crippen molar-refractivity contribution in [1.82, 2.24) is 14.1 Å². The van der Waals surface area contributed by atoms with Crippen LogP contribution in [-0.2, 0) is 19.6 Å². The van der Waals surface area contributed by atoms with Crippen molar-refractivity contribution in [2.75, 3.05) is 45.5 Å². The Morgan fingerprint density at radius 2 is 1.79 bits per heavy atom. The summed E-state index contributed by atoms with van der Waals surface area (Å²) in [4.78, 5) is 26.7. The van der Waals surface area contributed by atoms with Gasteiger partial charge in [-0.3, -0.25) is 9.59 Å². The van der Waals surface area contributed by atoms with E-state index in [2.05, 4.69) is 0 Å². The van der Waals surface area contributed by atoms with Gasteiger partial charge in [0, 0.05) is 39.1 Å². The molecule has 2 aliphatic rings. The maximum absolute atomic E-state index is 12.0. The van der Waals surface area contributed by atoms with Gasteiger partial charge in [-0.25, -0.2) is 8.42 Å². The molecule has 7 nitrogen and oxygen atoms in total. The summed E-state index contributed by atoms with van der Waals surface area (Å²) in [6.07, 6.45) is 2.51. The van der Waals surface area contributed by atoms with E-state index in [0.717, 1.165) is 6.42 Å². The monoisotopic (exact) mass is 289 g/mol. The highest BCUT2D eigenvalue weighted by Gasteiger charge is 2.29. The molecule has 0 bridgehead atoms. The zero-order valence-electron chi connectivity index (χ0n) is 11.0. The van der Waals surface area contributed by atoms with Crippen LogP contribution in [0.3, 0.4) is 0 Å². The third kappa shape index (κ3) is 3.44. The quantitative estimate of drug-likeness (QED) is 0.648. The van der Waals surface area contributed by atoms with Gasteiger partial charge in [0.2, 0.25) is 21.8 Å². The minimum Gasteiger partial charge on any atom is -0.339 e. The lowest BCUT2D eigenvalue weighted by Gasteiger charge is -2.34. The fourth-order valence-electron chi connectivity index (χ4n) is 2.40. The van der Waals surface area contributed by atoms with E-state index in [1.165, 1.54) is 10.6 Å². The molecule has 0 atom stereocenters. The van der Waals surface area contributed by atoms with Crippen LogP contribution in [0.1, 0.15) is 12.8 Å². The smallest absolute Gasteiger partial charge is 0.242 e. The number of amides is 2. The summed E-state index contributed by atoms with van der Waals surface area (Å²) in [7, 11) is -3.18. The molecule has 2 heterocycles. The highest BCUT2D eigenvalue weighted by atomic mass is 32.2. The van der Waals surface area contributed by atoms with Crippen LogP contribution in [0.25, 0.3) is 0 Å². The van der Waals surface area contributed by atoms with Gasteiger partial charge in [0.25, 0.3) is 0 Å². The van der Waals surface area contributed by atoms with Crippen molar-refractivity contribution in [2.45, 2.75) is 12.8 Å². The average Bonchev–Trinajstić information content (AvgIpc) is 2.74. The van der Waals surface area contributed by atoms with Crippen molar-refractivity contribution < 1.29 is 18.0 Å². The predicted molar refractivity (Wildman–Crippen MR) is 68.8 cm³/mol. The molecule has 108 valence electrons. The lowest BCUT2D eigenvalue weighted by atomic mass is 10.3. The molecule has 8 heteroatoms. The number of sulfonamides is 1. The van der Waals surface area contributed by atoms with E-state index < -0.39 is 10.0 Å². The summed E-state index contributed by atoms with van der Waals surface area (Å²) < 4.78 is 24.1. The van der Waals surface area contributed by atoms with Crippen LogP contribution >= 0.6 is 0 Å². The Balaban J connectivity index is 1.84. The van der Waals surface area contributed by atoms with E-state index >= 15 is 0 Å². The fourth-order valence-corrected chi connectivity index (χ4v) is 3.23. The second-order valence-corrected chi connectivity index (χ2v) is 6.94. The summed E-state index contributed by atoms with van der Waals surface area (Å²) in [6, 6.07) is 0. The third-order valence-corrected chi connectivity index (χ3v) is 4.86. The maximum atomic E-state index is 12.0. The van der Waals surface area contributed by atoms with Gasteiger partial charge in [-0.1, -0.05) is 0 Å². The van der Waals surface area contributed by atoms with Crippen LogP contribution in [-0.4, -0.2) is 79.9 Å². The molecule has 0 N–H and O–H groups in total. The second-order valence-electron chi connectivity index (χ2n) is 4.96. The molecule has 19 heavy (non-hydrogen) atoms. The van der Waals surface area contributed by atoms with E-state index in [0.29, 0.717) is 39.1 Å². The number of likely N-dealkylation sites (tertiary alicyclic amines) is 1. The highest BCUT2D eigenvalue weighted by molar-refractivity contribution is 7.88. The highest BCUT2D eigenvalue weighted by Crippen LogP contribution is 2.11. The number of hydrogen-bond acceptors (Lipinski definition) is 4. The average molecular weight is 289 g/mol. The summed E-state index contributed by atoms with van der Waals surface area (Å²) in [5.74, 6) is -0.0634. The van der Waals surface area contributed by atoms with Crippen LogP contribution in [0.2, 0.25) is 0 Å². The van der Waals surface area contributed by atoms with E-state index in [1.54, 1.807) is 9.80 Å². The van der Waals surface area contributed by atoms with Gasteiger partial charge < -0.3 is 9.80 Å². The van der Waals surface area contributed by atoms with Gasteiger partial charge in [-0.15, -0.1) is 0 Å². The van der Waals surface area contributed by atoms with E-state index in [-0.39, 0.29) is 18.4 Å². The normalized spacial score (nSPS) is 22.1. The first-order chi connectivity index (χ1) is 8.88. The molecular weight excluding hydrogens is 270 g/mol. The lowest BCUT2D eigenvalue weighted by Crippen LogP contribution is -2.52. The standard InChI is InChI=1S/C11H19N3O4S/c1-19(17,18)14-7-5-12(6-8-14)11(16)9-13-4-2-3-10(13)15/h2-9H2,1H3. The molecule has 0 aliphatic carbocycles. The summed E-state index contributed by atoms with van der Waals surface area (Å²) in [5, 5.41) is 0. The van der Waals surface area contributed by atoms with Crippen LogP contribution in [0.5, 0.6) is 0 Å².